The molecule has 1 heterocycles. The minimum absolute atomic E-state index is 0.0918. The van der Waals surface area contributed by atoms with Gasteiger partial charge in [-0.1, -0.05) is 0 Å². The van der Waals surface area contributed by atoms with Crippen LogP contribution in [0.3, 0.4) is 0 Å². The van der Waals surface area contributed by atoms with Crippen LogP contribution in [-0.2, 0) is 4.74 Å². The molecule has 0 spiro atoms. The summed E-state index contributed by atoms with van der Waals surface area (Å²) in [4.78, 5) is 0. The van der Waals surface area contributed by atoms with Crippen molar-refractivity contribution >= 4 is 47.8 Å². The number of ether oxygens (including phenoxy) is 2. The molecule has 1 saturated heterocycles. The van der Waals surface area contributed by atoms with Crippen molar-refractivity contribution in [2.24, 2.45) is 0 Å². The topological polar surface area (TPSA) is 21.8 Å². The van der Waals surface area contributed by atoms with Crippen molar-refractivity contribution in [1.82, 2.24) is 0 Å². The molecule has 1 fully saturated rings. The lowest BCUT2D eigenvalue weighted by Gasteiger charge is -2.15. The van der Waals surface area contributed by atoms with Gasteiger partial charge in [0.2, 0.25) is 0 Å². The predicted octanol–water partition coefficient (Wildman–Crippen LogP) is 4.45. The Balaban J connectivity index is 2.22. The van der Waals surface area contributed by atoms with Gasteiger partial charge >= 0.3 is 0 Å². The van der Waals surface area contributed by atoms with Crippen molar-refractivity contribution in [3.05, 3.63) is 25.0 Å². The van der Waals surface area contributed by atoms with Crippen LogP contribution in [0.25, 0.3) is 0 Å². The molecule has 1 atom stereocenters. The molecule has 0 radical (unpaired) electrons. The van der Waals surface area contributed by atoms with Gasteiger partial charge < -0.3 is 9.47 Å². The summed E-state index contributed by atoms with van der Waals surface area (Å²) >= 11 is 10.5. The molecular formula is C11H11Br3O2. The number of epoxide rings is 1. The minimum Gasteiger partial charge on any atom is -0.489 e. The van der Waals surface area contributed by atoms with E-state index in [1.807, 2.05) is 19.9 Å². The highest BCUT2D eigenvalue weighted by Gasteiger charge is 2.40. The summed E-state index contributed by atoms with van der Waals surface area (Å²) in [7, 11) is 0. The van der Waals surface area contributed by atoms with Gasteiger partial charge in [-0.05, 0) is 73.3 Å². The highest BCUT2D eigenvalue weighted by molar-refractivity contribution is 9.14. The zero-order valence-corrected chi connectivity index (χ0v) is 13.7. The van der Waals surface area contributed by atoms with Crippen LogP contribution < -0.4 is 4.74 Å². The maximum absolute atomic E-state index is 5.81. The Morgan fingerprint density at radius 2 is 2.00 bits per heavy atom. The molecule has 88 valence electrons. The Hall–Kier alpha value is 0.420. The first-order valence-electron chi connectivity index (χ1n) is 4.84. The Morgan fingerprint density at radius 3 is 2.56 bits per heavy atom. The van der Waals surface area contributed by atoms with Gasteiger partial charge in [-0.2, -0.15) is 0 Å². The number of halogens is 3. The van der Waals surface area contributed by atoms with E-state index in [0.717, 1.165) is 31.3 Å². The molecule has 2 nitrogen and oxygen atoms in total. The van der Waals surface area contributed by atoms with E-state index >= 15 is 0 Å². The lowest BCUT2D eigenvalue weighted by Crippen LogP contribution is -2.17. The smallest absolute Gasteiger partial charge is 0.137 e. The van der Waals surface area contributed by atoms with Crippen LogP contribution in [0.15, 0.2) is 19.5 Å². The summed E-state index contributed by atoms with van der Waals surface area (Å²) in [6, 6.07) is 2.03. The molecule has 16 heavy (non-hydrogen) atoms. The van der Waals surface area contributed by atoms with E-state index in [9.17, 15) is 0 Å². The average Bonchev–Trinajstić information content (AvgIpc) is 2.93. The van der Waals surface area contributed by atoms with E-state index in [2.05, 4.69) is 47.8 Å². The molecule has 1 aromatic carbocycles. The predicted molar refractivity (Wildman–Crippen MR) is 74.1 cm³/mol. The molecular weight excluding hydrogens is 404 g/mol. The van der Waals surface area contributed by atoms with Gasteiger partial charge in [-0.3, -0.25) is 0 Å². The standard InChI is InChI=1S/C11H11Br3O2/c1-6-3-7(12)8(13)9(14)10(6)15-4-11(2)5-16-11/h3H,4-5H2,1-2H3. The van der Waals surface area contributed by atoms with Gasteiger partial charge in [-0.25, -0.2) is 0 Å². The molecule has 0 N–H and O–H groups in total. The van der Waals surface area contributed by atoms with E-state index in [-0.39, 0.29) is 5.60 Å². The van der Waals surface area contributed by atoms with Crippen LogP contribution in [0.2, 0.25) is 0 Å². The van der Waals surface area contributed by atoms with Gasteiger partial charge in [0.05, 0.1) is 11.1 Å². The molecule has 0 aliphatic carbocycles. The molecule has 0 saturated carbocycles. The van der Waals surface area contributed by atoms with Crippen molar-refractivity contribution in [2.75, 3.05) is 13.2 Å². The zero-order chi connectivity index (χ0) is 11.9. The maximum atomic E-state index is 5.81. The SMILES string of the molecule is Cc1cc(Br)c(Br)c(Br)c1OCC1(C)CO1. The highest BCUT2D eigenvalue weighted by Crippen LogP contribution is 2.41. The first-order valence-corrected chi connectivity index (χ1v) is 7.22. The first kappa shape index (κ1) is 12.9. The third-order valence-electron chi connectivity index (χ3n) is 2.46. The lowest BCUT2D eigenvalue weighted by molar-refractivity contribution is 0.200. The van der Waals surface area contributed by atoms with Crippen LogP contribution >= 0.6 is 47.8 Å². The van der Waals surface area contributed by atoms with Crippen molar-refractivity contribution in [1.29, 1.82) is 0 Å². The molecule has 1 unspecified atom stereocenters. The third-order valence-corrected chi connectivity index (χ3v) is 5.73. The summed E-state index contributed by atoms with van der Waals surface area (Å²) in [5, 5.41) is 0. The molecule has 1 aliphatic rings. The average molecular weight is 415 g/mol. The van der Waals surface area contributed by atoms with Crippen LogP contribution in [0.1, 0.15) is 12.5 Å². The summed E-state index contributed by atoms with van der Waals surface area (Å²) in [6.07, 6.45) is 0. The normalized spacial score (nSPS) is 23.3. The van der Waals surface area contributed by atoms with Crippen molar-refractivity contribution in [2.45, 2.75) is 19.4 Å². The van der Waals surface area contributed by atoms with Crippen molar-refractivity contribution in [3.8, 4) is 5.75 Å². The number of hydrogen-bond acceptors (Lipinski definition) is 2. The molecule has 5 heteroatoms. The molecule has 2 rings (SSSR count). The second-order valence-electron chi connectivity index (χ2n) is 4.16. The Bertz CT molecular complexity index is 428. The van der Waals surface area contributed by atoms with E-state index in [1.54, 1.807) is 0 Å². The van der Waals surface area contributed by atoms with Gasteiger partial charge in [0.1, 0.15) is 18.0 Å². The van der Waals surface area contributed by atoms with Crippen molar-refractivity contribution in [3.63, 3.8) is 0 Å². The molecule has 0 aromatic heterocycles. The highest BCUT2D eigenvalue weighted by atomic mass is 79.9. The summed E-state index contributed by atoms with van der Waals surface area (Å²) in [6.45, 7) is 5.43. The van der Waals surface area contributed by atoms with Crippen molar-refractivity contribution < 1.29 is 9.47 Å². The van der Waals surface area contributed by atoms with Gasteiger partial charge in [-0.15, -0.1) is 0 Å². The molecule has 0 bridgehead atoms. The maximum Gasteiger partial charge on any atom is 0.137 e. The summed E-state index contributed by atoms with van der Waals surface area (Å²) in [5.41, 5.74) is 0.997. The molecule has 1 aromatic rings. The van der Waals surface area contributed by atoms with Crippen LogP contribution in [0, 0.1) is 6.92 Å². The second-order valence-corrected chi connectivity index (χ2v) is 6.60. The second kappa shape index (κ2) is 4.59. The van der Waals surface area contributed by atoms with E-state index in [0.29, 0.717) is 6.61 Å². The monoisotopic (exact) mass is 412 g/mol. The Labute approximate surface area is 120 Å². The third kappa shape index (κ3) is 2.63. The Kier molecular flexibility index (Phi) is 3.69. The summed E-state index contributed by atoms with van der Waals surface area (Å²) < 4.78 is 14.0. The van der Waals surface area contributed by atoms with Crippen LogP contribution in [0.4, 0.5) is 0 Å². The quantitative estimate of drug-likeness (QED) is 0.538. The number of rotatable bonds is 3. The van der Waals surface area contributed by atoms with E-state index in [1.165, 1.54) is 0 Å². The van der Waals surface area contributed by atoms with Crippen LogP contribution in [-0.4, -0.2) is 18.8 Å². The van der Waals surface area contributed by atoms with E-state index in [4.69, 9.17) is 9.47 Å². The number of aryl methyl sites for hydroxylation is 1. The number of benzene rings is 1. The first-order chi connectivity index (χ1) is 7.43. The van der Waals surface area contributed by atoms with Crippen LogP contribution in [0.5, 0.6) is 5.75 Å². The fourth-order valence-electron chi connectivity index (χ4n) is 1.31. The van der Waals surface area contributed by atoms with E-state index < -0.39 is 0 Å². The largest absolute Gasteiger partial charge is 0.489 e. The number of hydrogen-bond donors (Lipinski definition) is 0. The fourth-order valence-corrected chi connectivity index (χ4v) is 3.05. The zero-order valence-electron chi connectivity index (χ0n) is 8.94. The van der Waals surface area contributed by atoms with Gasteiger partial charge in [0.25, 0.3) is 0 Å². The summed E-state index contributed by atoms with van der Waals surface area (Å²) in [5.74, 6) is 0.867. The van der Waals surface area contributed by atoms with Gasteiger partial charge in [0.15, 0.2) is 0 Å². The minimum atomic E-state index is -0.0918. The molecule has 1 aliphatic heterocycles. The lowest BCUT2D eigenvalue weighted by atomic mass is 10.2. The molecule has 0 amide bonds. The van der Waals surface area contributed by atoms with Gasteiger partial charge in [0, 0.05) is 8.95 Å². The Morgan fingerprint density at radius 1 is 1.38 bits per heavy atom. The fraction of sp³-hybridized carbons (Fsp3) is 0.455.